The average molecular weight is 228 g/mol. The van der Waals surface area contributed by atoms with Gasteiger partial charge in [-0.05, 0) is 12.8 Å². The van der Waals surface area contributed by atoms with Crippen LogP contribution in [0.2, 0.25) is 0 Å². The molecule has 1 fully saturated rings. The lowest BCUT2D eigenvalue weighted by Crippen LogP contribution is -3.13. The van der Waals surface area contributed by atoms with Crippen LogP contribution >= 0.6 is 0 Å². The van der Waals surface area contributed by atoms with E-state index in [1.54, 1.807) is 6.33 Å². The van der Waals surface area contributed by atoms with Crippen molar-refractivity contribution >= 4 is 11.4 Å². The van der Waals surface area contributed by atoms with Gasteiger partial charge in [0, 0.05) is 17.2 Å². The van der Waals surface area contributed by atoms with E-state index >= 15 is 0 Å². The molecule has 3 aliphatic rings. The van der Waals surface area contributed by atoms with E-state index in [-0.39, 0.29) is 0 Å². The Labute approximate surface area is 101 Å². The molecule has 1 aromatic heterocycles. The molecule has 3 heterocycles. The number of hydrogen-bond donors (Lipinski definition) is 2. The summed E-state index contributed by atoms with van der Waals surface area (Å²) in [7, 11) is 8.41. The number of aromatic nitrogens is 2. The largest absolute Gasteiger partial charge is 0.459 e. The maximum Gasteiger partial charge on any atom is 0.215 e. The fourth-order valence-electron chi connectivity index (χ4n) is 3.47. The van der Waals surface area contributed by atoms with Gasteiger partial charge in [0.2, 0.25) is 5.82 Å². The van der Waals surface area contributed by atoms with Crippen LogP contribution in [0.1, 0.15) is 18.4 Å². The third-order valence-electron chi connectivity index (χ3n) is 4.33. The number of nitrogens with one attached hydrogen (secondary N) is 2. The lowest BCUT2D eigenvalue weighted by atomic mass is 9.87. The smallest absolute Gasteiger partial charge is 0.215 e. The average Bonchev–Trinajstić information content (AvgIpc) is 3.01. The number of nitrogens with zero attached hydrogens (tertiary/aromatic N) is 2. The van der Waals surface area contributed by atoms with Gasteiger partial charge in [0.1, 0.15) is 18.6 Å². The molecule has 4 rings (SSSR count). The molecule has 1 spiro atoms. The van der Waals surface area contributed by atoms with Crippen LogP contribution in [0, 0.1) is 19.5 Å². The van der Waals surface area contributed by atoms with Crippen molar-refractivity contribution in [3.05, 3.63) is 37.9 Å². The highest BCUT2D eigenvalue weighted by Crippen LogP contribution is 2.57. The Bertz CT molecular complexity index is 530. The van der Waals surface area contributed by atoms with Gasteiger partial charge in [-0.2, -0.15) is 12.0 Å². The number of rotatable bonds is 0. The van der Waals surface area contributed by atoms with E-state index in [9.17, 15) is 0 Å². The Morgan fingerprint density at radius 2 is 2.12 bits per heavy atom. The molecule has 4 nitrogen and oxygen atoms in total. The highest BCUT2D eigenvalue weighted by atomic mass is 15.3. The molecule has 0 aromatic carbocycles. The van der Waals surface area contributed by atoms with E-state index in [0.29, 0.717) is 5.41 Å². The zero-order valence-corrected chi connectivity index (χ0v) is 9.79. The van der Waals surface area contributed by atoms with Gasteiger partial charge in [0.05, 0.1) is 12.1 Å². The van der Waals surface area contributed by atoms with Gasteiger partial charge in [-0.25, -0.2) is 4.98 Å². The van der Waals surface area contributed by atoms with Crippen LogP contribution in [0.4, 0.5) is 5.82 Å². The molecule has 17 heavy (non-hydrogen) atoms. The molecule has 2 unspecified atom stereocenters. The topological polar surface area (TPSA) is 34.7 Å². The van der Waals surface area contributed by atoms with Gasteiger partial charge in [0.15, 0.2) is 0 Å². The molecule has 4 heteroatoms. The predicted molar refractivity (Wildman–Crippen MR) is 62.7 cm³/mol. The first-order valence-corrected chi connectivity index (χ1v) is 6.12. The molecule has 1 aliphatic carbocycles. The first-order chi connectivity index (χ1) is 8.21. The minimum atomic E-state index is 0.365. The van der Waals surface area contributed by atoms with E-state index in [2.05, 4.69) is 24.1 Å². The van der Waals surface area contributed by atoms with Crippen molar-refractivity contribution in [2.45, 2.75) is 12.8 Å². The first-order valence-electron chi connectivity index (χ1n) is 6.12. The van der Waals surface area contributed by atoms with Crippen molar-refractivity contribution < 1.29 is 9.80 Å². The summed E-state index contributed by atoms with van der Waals surface area (Å²) in [4.78, 5) is 11.0. The van der Waals surface area contributed by atoms with E-state index < -0.39 is 0 Å². The van der Waals surface area contributed by atoms with Crippen LogP contribution in [-0.4, -0.2) is 23.1 Å². The standard InChI is InChI=1S/C13H16N4/c1-16-6-10-11(13(7-16)3-4-13)9-5-14-8-15-12(9)17(10)2/h5,8,16-17H,1-4,6-7H2. The number of hydrogen-bond acceptors (Lipinski definition) is 2. The summed E-state index contributed by atoms with van der Waals surface area (Å²) in [6, 6.07) is 0. The fourth-order valence-corrected chi connectivity index (χ4v) is 3.47. The summed E-state index contributed by atoms with van der Waals surface area (Å²) < 4.78 is 0. The monoisotopic (exact) mass is 228 g/mol. The van der Waals surface area contributed by atoms with Crippen molar-refractivity contribution in [3.63, 3.8) is 0 Å². The van der Waals surface area contributed by atoms with Gasteiger partial charge in [-0.3, -0.25) is 0 Å². The van der Waals surface area contributed by atoms with Crippen molar-refractivity contribution in [1.82, 2.24) is 9.97 Å². The zero-order valence-electron chi connectivity index (χ0n) is 9.79. The van der Waals surface area contributed by atoms with Crippen LogP contribution in [0.5, 0.6) is 0 Å². The number of fused-ring (bicyclic) bond motifs is 3. The van der Waals surface area contributed by atoms with Crippen molar-refractivity contribution in [2.24, 2.45) is 5.41 Å². The Balaban J connectivity index is 1.94. The van der Waals surface area contributed by atoms with E-state index in [1.165, 1.54) is 34.6 Å². The van der Waals surface area contributed by atoms with Gasteiger partial charge in [-0.1, -0.05) is 0 Å². The third kappa shape index (κ3) is 1.14. The fraction of sp³-hybridized carbons (Fsp3) is 0.385. The van der Waals surface area contributed by atoms with Gasteiger partial charge in [0.25, 0.3) is 0 Å². The Hall–Kier alpha value is -1.26. The van der Waals surface area contributed by atoms with Gasteiger partial charge < -0.3 is 9.80 Å². The molecule has 1 saturated carbocycles. The molecule has 0 radical (unpaired) electrons. The summed E-state index contributed by atoms with van der Waals surface area (Å²) in [5.74, 6) is 1.05. The normalized spacial score (nSPS) is 32.6. The Morgan fingerprint density at radius 3 is 2.88 bits per heavy atom. The molecule has 2 aliphatic heterocycles. The van der Waals surface area contributed by atoms with Crippen molar-refractivity contribution in [1.29, 1.82) is 0 Å². The van der Waals surface area contributed by atoms with E-state index in [4.69, 9.17) is 0 Å². The second kappa shape index (κ2) is 2.94. The molecule has 2 N–H and O–H groups in total. The molecule has 88 valence electrons. The summed E-state index contributed by atoms with van der Waals surface area (Å²) in [6.07, 6.45) is 6.15. The lowest BCUT2D eigenvalue weighted by Gasteiger charge is -2.33. The minimum Gasteiger partial charge on any atom is -0.459 e. The van der Waals surface area contributed by atoms with Crippen LogP contribution in [-0.2, 0) is 0 Å². The SMILES string of the molecule is [CH2-][NH+]1CC2=C(c3cncnc3[NH+]2[CH2-])C2(CC2)C1. The maximum atomic E-state index is 4.40. The third-order valence-corrected chi connectivity index (χ3v) is 4.33. The number of quaternary nitrogens is 2. The van der Waals surface area contributed by atoms with Crippen molar-refractivity contribution in [2.75, 3.05) is 13.1 Å². The molecule has 1 aromatic rings. The van der Waals surface area contributed by atoms with E-state index in [0.717, 1.165) is 23.8 Å². The molecule has 0 amide bonds. The summed E-state index contributed by atoms with van der Waals surface area (Å²) in [5, 5.41) is 0. The Kier molecular flexibility index (Phi) is 1.69. The molecule has 2 atom stereocenters. The molecule has 0 saturated heterocycles. The summed E-state index contributed by atoms with van der Waals surface area (Å²) in [6.45, 7) is 2.12. The minimum absolute atomic E-state index is 0.365. The van der Waals surface area contributed by atoms with E-state index in [1.807, 2.05) is 6.20 Å². The second-order valence-electron chi connectivity index (χ2n) is 5.50. The Morgan fingerprint density at radius 1 is 1.29 bits per heavy atom. The predicted octanol–water partition coefficient (Wildman–Crippen LogP) is -1.02. The van der Waals surface area contributed by atoms with Crippen LogP contribution in [0.3, 0.4) is 0 Å². The summed E-state index contributed by atoms with van der Waals surface area (Å²) in [5.41, 5.74) is 4.47. The molecular formula is C13H16N4. The molecular weight excluding hydrogens is 212 g/mol. The van der Waals surface area contributed by atoms with Crippen LogP contribution < -0.4 is 9.80 Å². The van der Waals surface area contributed by atoms with Gasteiger partial charge in [-0.15, -0.1) is 7.05 Å². The summed E-state index contributed by atoms with van der Waals surface area (Å²) >= 11 is 0. The van der Waals surface area contributed by atoms with Crippen LogP contribution in [0.25, 0.3) is 5.57 Å². The second-order valence-corrected chi connectivity index (χ2v) is 5.50. The first kappa shape index (κ1) is 9.74. The van der Waals surface area contributed by atoms with Crippen molar-refractivity contribution in [3.8, 4) is 0 Å². The van der Waals surface area contributed by atoms with Crippen LogP contribution in [0.15, 0.2) is 18.2 Å². The highest BCUT2D eigenvalue weighted by Gasteiger charge is 2.56. The maximum absolute atomic E-state index is 4.40. The lowest BCUT2D eigenvalue weighted by molar-refractivity contribution is -0.877. The molecule has 0 bridgehead atoms. The quantitative estimate of drug-likeness (QED) is 0.558. The van der Waals surface area contributed by atoms with Gasteiger partial charge >= 0.3 is 0 Å². The highest BCUT2D eigenvalue weighted by molar-refractivity contribution is 5.81. The zero-order chi connectivity index (χ0) is 11.6.